The summed E-state index contributed by atoms with van der Waals surface area (Å²) in [7, 11) is 0. The number of nitrogens with zero attached hydrogens (tertiary/aromatic N) is 3. The third kappa shape index (κ3) is 4.38. The van der Waals surface area contributed by atoms with E-state index in [1.807, 2.05) is 10.9 Å². The Balaban J connectivity index is 1.87. The lowest BCUT2D eigenvalue weighted by Gasteiger charge is -2.36. The van der Waals surface area contributed by atoms with Crippen molar-refractivity contribution in [1.29, 1.82) is 0 Å². The number of halogens is 1. The molecule has 1 aromatic heterocycles. The van der Waals surface area contributed by atoms with Gasteiger partial charge in [0.25, 0.3) is 0 Å². The van der Waals surface area contributed by atoms with Gasteiger partial charge >= 0.3 is 0 Å². The predicted molar refractivity (Wildman–Crippen MR) is 104 cm³/mol. The number of aromatic nitrogens is 2. The molecule has 146 valence electrons. The van der Waals surface area contributed by atoms with Crippen molar-refractivity contribution in [3.8, 4) is 5.69 Å². The van der Waals surface area contributed by atoms with E-state index in [-0.39, 0.29) is 23.2 Å². The van der Waals surface area contributed by atoms with Crippen molar-refractivity contribution in [1.82, 2.24) is 20.0 Å². The topological polar surface area (TPSA) is 50.2 Å². The maximum Gasteiger partial charge on any atom is 0.234 e. The molecule has 1 aromatic carbocycles. The van der Waals surface area contributed by atoms with Crippen molar-refractivity contribution in [3.05, 3.63) is 47.5 Å². The highest BCUT2D eigenvalue weighted by atomic mass is 19.1. The molecule has 0 fully saturated rings. The number of rotatable bonds is 6. The van der Waals surface area contributed by atoms with Crippen LogP contribution in [0.3, 0.4) is 0 Å². The molecule has 0 bridgehead atoms. The Labute approximate surface area is 160 Å². The molecule has 3 rings (SSSR count). The van der Waals surface area contributed by atoms with Gasteiger partial charge < -0.3 is 5.32 Å². The highest BCUT2D eigenvalue weighted by Gasteiger charge is 2.36. The van der Waals surface area contributed by atoms with Crippen LogP contribution < -0.4 is 5.32 Å². The average Bonchev–Trinajstić information content (AvgIpc) is 3.03. The molecule has 1 unspecified atom stereocenters. The fourth-order valence-corrected chi connectivity index (χ4v) is 3.87. The molecule has 0 aliphatic heterocycles. The van der Waals surface area contributed by atoms with Crippen LogP contribution in [0.15, 0.2) is 30.5 Å². The molecule has 0 saturated carbocycles. The van der Waals surface area contributed by atoms with Crippen LogP contribution in [0, 0.1) is 11.2 Å². The van der Waals surface area contributed by atoms with Crippen LogP contribution in [-0.2, 0) is 11.2 Å². The van der Waals surface area contributed by atoms with E-state index in [2.05, 4.69) is 43.0 Å². The van der Waals surface area contributed by atoms with Gasteiger partial charge in [-0.1, -0.05) is 27.7 Å². The first-order valence-corrected chi connectivity index (χ1v) is 9.67. The van der Waals surface area contributed by atoms with Gasteiger partial charge in [-0.3, -0.25) is 9.69 Å². The fourth-order valence-electron chi connectivity index (χ4n) is 3.87. The Morgan fingerprint density at radius 3 is 2.59 bits per heavy atom. The van der Waals surface area contributed by atoms with Crippen molar-refractivity contribution in [3.63, 3.8) is 0 Å². The second-order valence-corrected chi connectivity index (χ2v) is 8.06. The van der Waals surface area contributed by atoms with Gasteiger partial charge in [0, 0.05) is 5.56 Å². The standard InChI is InChI=1S/C21H29FN4O/c1-5-25(6-2)14-20(27)24-18-11-21(3,4)12-19-17(18)13-23-26(19)16-9-7-15(22)8-10-16/h7-10,13,18H,5-6,11-12,14H2,1-4H3,(H,24,27). The Hall–Kier alpha value is -2.21. The van der Waals surface area contributed by atoms with Gasteiger partial charge in [-0.15, -0.1) is 0 Å². The van der Waals surface area contributed by atoms with E-state index in [1.54, 1.807) is 12.1 Å². The lowest BCUT2D eigenvalue weighted by molar-refractivity contribution is -0.123. The van der Waals surface area contributed by atoms with Crippen LogP contribution in [-0.4, -0.2) is 40.2 Å². The van der Waals surface area contributed by atoms with E-state index in [4.69, 9.17) is 0 Å². The second-order valence-electron chi connectivity index (χ2n) is 8.06. The zero-order valence-electron chi connectivity index (χ0n) is 16.6. The number of nitrogens with one attached hydrogen (secondary N) is 1. The van der Waals surface area contributed by atoms with Crippen molar-refractivity contribution < 1.29 is 9.18 Å². The minimum absolute atomic E-state index is 0.0396. The normalized spacial score (nSPS) is 18.4. The number of hydrogen-bond donors (Lipinski definition) is 1. The van der Waals surface area contributed by atoms with E-state index in [1.165, 1.54) is 12.1 Å². The van der Waals surface area contributed by atoms with Crippen LogP contribution in [0.1, 0.15) is 51.4 Å². The first-order valence-electron chi connectivity index (χ1n) is 9.67. The highest BCUT2D eigenvalue weighted by molar-refractivity contribution is 5.78. The number of carbonyl (C=O) groups is 1. The van der Waals surface area contributed by atoms with Crippen molar-refractivity contribution >= 4 is 5.91 Å². The Morgan fingerprint density at radius 1 is 1.30 bits per heavy atom. The van der Waals surface area contributed by atoms with E-state index < -0.39 is 0 Å². The summed E-state index contributed by atoms with van der Waals surface area (Å²) in [5, 5.41) is 7.76. The largest absolute Gasteiger partial charge is 0.348 e. The minimum Gasteiger partial charge on any atom is -0.348 e. The number of likely N-dealkylation sites (N-methyl/N-ethyl adjacent to an activating group) is 1. The molecule has 0 radical (unpaired) electrons. The van der Waals surface area contributed by atoms with Crippen LogP contribution in [0.25, 0.3) is 5.69 Å². The quantitative estimate of drug-likeness (QED) is 0.845. The third-order valence-electron chi connectivity index (χ3n) is 5.35. The van der Waals surface area contributed by atoms with Gasteiger partial charge in [-0.2, -0.15) is 5.10 Å². The minimum atomic E-state index is -0.262. The summed E-state index contributed by atoms with van der Waals surface area (Å²) >= 11 is 0. The zero-order chi connectivity index (χ0) is 19.6. The zero-order valence-corrected chi connectivity index (χ0v) is 16.6. The first kappa shape index (κ1) is 19.5. The first-order chi connectivity index (χ1) is 12.8. The van der Waals surface area contributed by atoms with Gasteiger partial charge in [0.2, 0.25) is 5.91 Å². The molecule has 1 aliphatic rings. The summed E-state index contributed by atoms with van der Waals surface area (Å²) in [4.78, 5) is 14.7. The molecule has 1 heterocycles. The summed E-state index contributed by atoms with van der Waals surface area (Å²) in [6.45, 7) is 10.7. The number of amides is 1. The van der Waals surface area contributed by atoms with Crippen molar-refractivity contribution in [2.24, 2.45) is 5.41 Å². The number of hydrogen-bond acceptors (Lipinski definition) is 3. The summed E-state index contributed by atoms with van der Waals surface area (Å²) < 4.78 is 15.2. The summed E-state index contributed by atoms with van der Waals surface area (Å²) in [6.07, 6.45) is 3.58. The van der Waals surface area contributed by atoms with Crippen LogP contribution >= 0.6 is 0 Å². The second kappa shape index (κ2) is 7.80. The number of fused-ring (bicyclic) bond motifs is 1. The van der Waals surface area contributed by atoms with Crippen LogP contribution in [0.4, 0.5) is 4.39 Å². The van der Waals surface area contributed by atoms with Gasteiger partial charge in [0.1, 0.15) is 5.82 Å². The van der Waals surface area contributed by atoms with Crippen LogP contribution in [0.5, 0.6) is 0 Å². The number of benzene rings is 1. The average molecular weight is 372 g/mol. The molecule has 1 N–H and O–H groups in total. The maximum absolute atomic E-state index is 13.3. The molecule has 1 aliphatic carbocycles. The van der Waals surface area contributed by atoms with Crippen molar-refractivity contribution in [2.45, 2.75) is 46.6 Å². The monoisotopic (exact) mass is 372 g/mol. The molecule has 0 saturated heterocycles. The van der Waals surface area contributed by atoms with E-state index in [0.717, 1.165) is 42.9 Å². The van der Waals surface area contributed by atoms with Crippen molar-refractivity contribution in [2.75, 3.05) is 19.6 Å². The molecule has 27 heavy (non-hydrogen) atoms. The number of carbonyl (C=O) groups excluding carboxylic acids is 1. The van der Waals surface area contributed by atoms with Gasteiger partial charge in [0.05, 0.1) is 30.2 Å². The fraction of sp³-hybridized carbons (Fsp3) is 0.524. The Morgan fingerprint density at radius 2 is 1.96 bits per heavy atom. The van der Waals surface area contributed by atoms with Gasteiger partial charge in [0.15, 0.2) is 0 Å². The lowest BCUT2D eigenvalue weighted by atomic mass is 9.74. The van der Waals surface area contributed by atoms with E-state index in [0.29, 0.717) is 6.54 Å². The molecule has 0 spiro atoms. The molecule has 1 atom stereocenters. The van der Waals surface area contributed by atoms with E-state index >= 15 is 0 Å². The highest BCUT2D eigenvalue weighted by Crippen LogP contribution is 2.41. The molecular weight excluding hydrogens is 343 g/mol. The maximum atomic E-state index is 13.3. The van der Waals surface area contributed by atoms with Gasteiger partial charge in [-0.25, -0.2) is 9.07 Å². The summed E-state index contributed by atoms with van der Waals surface area (Å²) in [5.41, 5.74) is 3.03. The Bertz CT molecular complexity index is 793. The molecule has 2 aromatic rings. The third-order valence-corrected chi connectivity index (χ3v) is 5.35. The Kier molecular flexibility index (Phi) is 5.65. The van der Waals surface area contributed by atoms with Gasteiger partial charge in [-0.05, 0) is 55.6 Å². The summed E-state index contributed by atoms with van der Waals surface area (Å²) in [5.74, 6) is -0.219. The summed E-state index contributed by atoms with van der Waals surface area (Å²) in [6, 6.07) is 6.30. The SMILES string of the molecule is CCN(CC)CC(=O)NC1CC(C)(C)Cc2c1cnn2-c1ccc(F)cc1. The molecule has 6 heteroatoms. The lowest BCUT2D eigenvalue weighted by Crippen LogP contribution is -2.41. The van der Waals surface area contributed by atoms with E-state index in [9.17, 15) is 9.18 Å². The molecular formula is C21H29FN4O. The smallest absolute Gasteiger partial charge is 0.234 e. The molecule has 5 nitrogen and oxygen atoms in total. The molecule has 1 amide bonds. The predicted octanol–water partition coefficient (Wildman–Crippen LogP) is 3.48. The van der Waals surface area contributed by atoms with Crippen LogP contribution in [0.2, 0.25) is 0 Å².